The highest BCUT2D eigenvalue weighted by Gasteiger charge is 2.26. The predicted molar refractivity (Wildman–Crippen MR) is 115 cm³/mol. The summed E-state index contributed by atoms with van der Waals surface area (Å²) in [5.74, 6) is 0.457. The van der Waals surface area contributed by atoms with Crippen LogP contribution in [0.2, 0.25) is 0 Å². The van der Waals surface area contributed by atoms with Gasteiger partial charge in [-0.25, -0.2) is 18.1 Å². The monoisotopic (exact) mass is 457 g/mol. The number of hydrogen-bond donors (Lipinski definition) is 1. The molecule has 168 valence electrons. The summed E-state index contributed by atoms with van der Waals surface area (Å²) in [6, 6.07) is 11.6. The van der Waals surface area contributed by atoms with Crippen molar-refractivity contribution >= 4 is 15.9 Å². The Morgan fingerprint density at radius 1 is 1.16 bits per heavy atom. The molecule has 32 heavy (non-hydrogen) atoms. The molecule has 0 radical (unpaired) electrons. The SMILES string of the molecule is C[C@H](NC(=O)CN(C)S(=O)(=O)c1ccc2c(c1)OCCO2)c1ccc(-n2cncn2)cc1. The summed E-state index contributed by atoms with van der Waals surface area (Å²) in [5.41, 5.74) is 1.72. The van der Waals surface area contributed by atoms with Crippen LogP contribution in [0.1, 0.15) is 18.5 Å². The fraction of sp³-hybridized carbons (Fsp3) is 0.286. The lowest BCUT2D eigenvalue weighted by molar-refractivity contribution is -0.121. The van der Waals surface area contributed by atoms with Crippen molar-refractivity contribution in [2.75, 3.05) is 26.8 Å². The molecule has 3 aromatic rings. The molecule has 11 heteroatoms. The molecule has 0 saturated carbocycles. The topological polar surface area (TPSA) is 116 Å². The van der Waals surface area contributed by atoms with Crippen molar-refractivity contribution in [3.05, 3.63) is 60.7 Å². The minimum atomic E-state index is -3.88. The Bertz CT molecular complexity index is 1200. The van der Waals surface area contributed by atoms with Gasteiger partial charge in [0.25, 0.3) is 0 Å². The highest BCUT2D eigenvalue weighted by Crippen LogP contribution is 2.32. The first-order valence-electron chi connectivity index (χ1n) is 9.95. The molecule has 1 aliphatic heterocycles. The first kappa shape index (κ1) is 21.8. The van der Waals surface area contributed by atoms with Gasteiger partial charge in [-0.05, 0) is 36.8 Å². The fourth-order valence-electron chi connectivity index (χ4n) is 3.28. The second-order valence-electron chi connectivity index (χ2n) is 7.29. The number of sulfonamides is 1. The van der Waals surface area contributed by atoms with E-state index in [0.29, 0.717) is 24.7 Å². The number of nitrogens with one attached hydrogen (secondary N) is 1. The number of likely N-dealkylation sites (N-methyl/N-ethyl adjacent to an activating group) is 1. The Balaban J connectivity index is 1.38. The maximum Gasteiger partial charge on any atom is 0.243 e. The standard InChI is InChI=1S/C21H23N5O5S/c1-15(16-3-5-17(6-4-16)26-14-22-13-23-26)24-21(27)12-25(2)32(28,29)18-7-8-19-20(11-18)31-10-9-30-19/h3-8,11,13-15H,9-10,12H2,1-2H3,(H,24,27)/t15-/m0/s1. The Kier molecular flexibility index (Phi) is 6.10. The highest BCUT2D eigenvalue weighted by atomic mass is 32.2. The third-order valence-corrected chi connectivity index (χ3v) is 6.84. The van der Waals surface area contributed by atoms with Gasteiger partial charge in [0.15, 0.2) is 11.5 Å². The van der Waals surface area contributed by atoms with Crippen LogP contribution >= 0.6 is 0 Å². The predicted octanol–water partition coefficient (Wildman–Crippen LogP) is 1.54. The summed E-state index contributed by atoms with van der Waals surface area (Å²) in [5, 5.41) is 6.90. The molecular formula is C21H23N5O5S. The average Bonchev–Trinajstić information content (AvgIpc) is 3.33. The fourth-order valence-corrected chi connectivity index (χ4v) is 4.42. The number of carbonyl (C=O) groups excluding carboxylic acids is 1. The lowest BCUT2D eigenvalue weighted by Gasteiger charge is -2.22. The lowest BCUT2D eigenvalue weighted by Crippen LogP contribution is -2.39. The number of hydrogen-bond acceptors (Lipinski definition) is 7. The summed E-state index contributed by atoms with van der Waals surface area (Å²) in [6.07, 6.45) is 3.05. The van der Waals surface area contributed by atoms with Gasteiger partial charge in [0.05, 0.1) is 23.2 Å². The maximum atomic E-state index is 12.9. The molecule has 10 nitrogen and oxygen atoms in total. The summed E-state index contributed by atoms with van der Waals surface area (Å²) < 4.78 is 39.3. The number of carbonyl (C=O) groups is 1. The number of aromatic nitrogens is 3. The van der Waals surface area contributed by atoms with Crippen molar-refractivity contribution in [1.82, 2.24) is 24.4 Å². The van der Waals surface area contributed by atoms with Gasteiger partial charge in [-0.3, -0.25) is 4.79 Å². The summed E-state index contributed by atoms with van der Waals surface area (Å²) in [7, 11) is -2.51. The first-order chi connectivity index (χ1) is 15.3. The maximum absolute atomic E-state index is 12.9. The van der Waals surface area contributed by atoms with Gasteiger partial charge in [-0.15, -0.1) is 0 Å². The number of rotatable bonds is 7. The molecular weight excluding hydrogens is 434 g/mol. The number of ether oxygens (including phenoxy) is 2. The van der Waals surface area contributed by atoms with E-state index in [-0.39, 0.29) is 17.5 Å². The highest BCUT2D eigenvalue weighted by molar-refractivity contribution is 7.89. The zero-order valence-electron chi connectivity index (χ0n) is 17.6. The van der Waals surface area contributed by atoms with E-state index in [1.165, 1.54) is 25.5 Å². The Labute approximate surface area is 185 Å². The third-order valence-electron chi connectivity index (χ3n) is 5.04. The number of nitrogens with zero attached hydrogens (tertiary/aromatic N) is 4. The van der Waals surface area contributed by atoms with Gasteiger partial charge in [0.2, 0.25) is 15.9 Å². The lowest BCUT2D eigenvalue weighted by atomic mass is 10.1. The van der Waals surface area contributed by atoms with Crippen LogP contribution in [0.25, 0.3) is 5.69 Å². The molecule has 0 bridgehead atoms. The molecule has 4 rings (SSSR count). The van der Waals surface area contributed by atoms with Crippen LogP contribution in [0.15, 0.2) is 60.0 Å². The average molecular weight is 458 g/mol. The molecule has 2 heterocycles. The van der Waals surface area contributed by atoms with Crippen LogP contribution in [0.4, 0.5) is 0 Å². The smallest absolute Gasteiger partial charge is 0.243 e. The van der Waals surface area contributed by atoms with E-state index in [2.05, 4.69) is 15.4 Å². The molecule has 0 spiro atoms. The normalized spacial score (nSPS) is 14.2. The van der Waals surface area contributed by atoms with Gasteiger partial charge >= 0.3 is 0 Å². The molecule has 2 aromatic carbocycles. The van der Waals surface area contributed by atoms with Crippen LogP contribution in [0.5, 0.6) is 11.5 Å². The molecule has 1 N–H and O–H groups in total. The number of fused-ring (bicyclic) bond motifs is 1. The molecule has 0 saturated heterocycles. The van der Waals surface area contributed by atoms with Crippen molar-refractivity contribution in [2.24, 2.45) is 0 Å². The van der Waals surface area contributed by atoms with Gasteiger partial charge in [-0.1, -0.05) is 12.1 Å². The second-order valence-corrected chi connectivity index (χ2v) is 9.33. The van der Waals surface area contributed by atoms with E-state index in [9.17, 15) is 13.2 Å². The van der Waals surface area contributed by atoms with Crippen molar-refractivity contribution < 1.29 is 22.7 Å². The Hall–Kier alpha value is -3.44. The van der Waals surface area contributed by atoms with Crippen molar-refractivity contribution in [3.8, 4) is 17.2 Å². The summed E-state index contributed by atoms with van der Waals surface area (Å²) >= 11 is 0. The molecule has 0 aliphatic carbocycles. The van der Waals surface area contributed by atoms with Crippen LogP contribution < -0.4 is 14.8 Å². The largest absolute Gasteiger partial charge is 0.486 e. The molecule has 0 fully saturated rings. The van der Waals surface area contributed by atoms with Gasteiger partial charge < -0.3 is 14.8 Å². The van der Waals surface area contributed by atoms with Gasteiger partial charge in [0, 0.05) is 13.1 Å². The first-order valence-corrected chi connectivity index (χ1v) is 11.4. The molecule has 1 atom stereocenters. The van der Waals surface area contributed by atoms with Gasteiger partial charge in [-0.2, -0.15) is 9.40 Å². The summed E-state index contributed by atoms with van der Waals surface area (Å²) in [4.78, 5) is 16.5. The summed E-state index contributed by atoms with van der Waals surface area (Å²) in [6.45, 7) is 2.28. The van der Waals surface area contributed by atoms with Crippen LogP contribution in [-0.4, -0.2) is 60.2 Å². The minimum Gasteiger partial charge on any atom is -0.486 e. The van der Waals surface area contributed by atoms with Crippen LogP contribution in [0.3, 0.4) is 0 Å². The zero-order valence-corrected chi connectivity index (χ0v) is 18.4. The van der Waals surface area contributed by atoms with Crippen molar-refractivity contribution in [1.29, 1.82) is 0 Å². The van der Waals surface area contributed by atoms with Gasteiger partial charge in [0.1, 0.15) is 25.9 Å². The van der Waals surface area contributed by atoms with E-state index in [1.807, 2.05) is 31.2 Å². The Morgan fingerprint density at radius 3 is 2.56 bits per heavy atom. The van der Waals surface area contributed by atoms with Crippen LogP contribution in [-0.2, 0) is 14.8 Å². The molecule has 1 aromatic heterocycles. The van der Waals surface area contributed by atoms with Crippen molar-refractivity contribution in [2.45, 2.75) is 17.9 Å². The third kappa shape index (κ3) is 4.58. The second kappa shape index (κ2) is 8.97. The Morgan fingerprint density at radius 2 is 1.88 bits per heavy atom. The minimum absolute atomic E-state index is 0.0359. The number of benzene rings is 2. The van der Waals surface area contributed by atoms with E-state index in [1.54, 1.807) is 17.1 Å². The number of amides is 1. The molecule has 0 unspecified atom stereocenters. The van der Waals surface area contributed by atoms with Crippen LogP contribution in [0, 0.1) is 0 Å². The zero-order chi connectivity index (χ0) is 22.7. The van der Waals surface area contributed by atoms with E-state index in [0.717, 1.165) is 15.6 Å². The molecule has 1 amide bonds. The van der Waals surface area contributed by atoms with E-state index < -0.39 is 15.9 Å². The van der Waals surface area contributed by atoms with Crippen molar-refractivity contribution in [3.63, 3.8) is 0 Å². The molecule has 1 aliphatic rings. The quantitative estimate of drug-likeness (QED) is 0.572. The van der Waals surface area contributed by atoms with E-state index in [4.69, 9.17) is 9.47 Å². The van der Waals surface area contributed by atoms with E-state index >= 15 is 0 Å².